The second-order valence-corrected chi connectivity index (χ2v) is 6.64. The van der Waals surface area contributed by atoms with E-state index in [1.807, 2.05) is 12.1 Å². The Morgan fingerprint density at radius 3 is 2.65 bits per heavy atom. The Kier molecular flexibility index (Phi) is 9.16. The maximum atomic E-state index is 12.2. The predicted octanol–water partition coefficient (Wildman–Crippen LogP) is 4.07. The van der Waals surface area contributed by atoms with Gasteiger partial charge in [-0.05, 0) is 49.1 Å². The van der Waals surface area contributed by atoms with Gasteiger partial charge in [-0.25, -0.2) is 0 Å². The summed E-state index contributed by atoms with van der Waals surface area (Å²) in [6.45, 7) is 5.92. The van der Waals surface area contributed by atoms with Gasteiger partial charge in [-0.15, -0.1) is 24.8 Å². The van der Waals surface area contributed by atoms with Crippen molar-refractivity contribution in [3.63, 3.8) is 0 Å². The van der Waals surface area contributed by atoms with Crippen LogP contribution in [0, 0.1) is 5.92 Å². The SMILES string of the molecule is CC1CCCN(Cc2ccc(NC(=O)c3coc(CN)c3)cc2)C1.Cl.Cl. The number of amides is 1. The van der Waals surface area contributed by atoms with E-state index in [0.717, 1.165) is 18.2 Å². The van der Waals surface area contributed by atoms with Crippen molar-refractivity contribution in [2.24, 2.45) is 11.7 Å². The van der Waals surface area contributed by atoms with E-state index in [2.05, 4.69) is 29.3 Å². The molecule has 0 spiro atoms. The summed E-state index contributed by atoms with van der Waals surface area (Å²) in [6.07, 6.45) is 4.05. The summed E-state index contributed by atoms with van der Waals surface area (Å²) in [5.41, 5.74) is 8.03. The standard InChI is InChI=1S/C19H25N3O2.2ClH/c1-14-3-2-8-22(11-14)12-15-4-6-17(7-5-15)21-19(23)16-9-18(10-20)24-13-16;;/h4-7,9,13-14H,2-3,8,10-12,20H2,1H3,(H,21,23);2*1H. The van der Waals surface area contributed by atoms with E-state index in [9.17, 15) is 4.79 Å². The number of rotatable bonds is 5. The molecular weight excluding hydrogens is 373 g/mol. The third kappa shape index (κ3) is 6.02. The van der Waals surface area contributed by atoms with Crippen molar-refractivity contribution in [2.45, 2.75) is 32.9 Å². The van der Waals surface area contributed by atoms with E-state index < -0.39 is 0 Å². The van der Waals surface area contributed by atoms with Crippen molar-refractivity contribution in [1.29, 1.82) is 0 Å². The van der Waals surface area contributed by atoms with Crippen LogP contribution in [-0.2, 0) is 13.1 Å². The number of nitrogens with two attached hydrogens (primary N) is 1. The van der Waals surface area contributed by atoms with Gasteiger partial charge in [0, 0.05) is 18.8 Å². The van der Waals surface area contributed by atoms with Crippen LogP contribution in [0.4, 0.5) is 5.69 Å². The van der Waals surface area contributed by atoms with E-state index in [4.69, 9.17) is 10.2 Å². The first kappa shape index (κ1) is 22.5. The highest BCUT2D eigenvalue weighted by Crippen LogP contribution is 2.19. The first-order valence-electron chi connectivity index (χ1n) is 8.54. The molecule has 26 heavy (non-hydrogen) atoms. The normalized spacial score (nSPS) is 17.1. The fourth-order valence-corrected chi connectivity index (χ4v) is 3.19. The van der Waals surface area contributed by atoms with Crippen LogP contribution in [0.2, 0.25) is 0 Å². The number of hydrogen-bond acceptors (Lipinski definition) is 4. The molecule has 0 aliphatic carbocycles. The fourth-order valence-electron chi connectivity index (χ4n) is 3.19. The summed E-state index contributed by atoms with van der Waals surface area (Å²) >= 11 is 0. The predicted molar refractivity (Wildman–Crippen MR) is 109 cm³/mol. The largest absolute Gasteiger partial charge is 0.467 e. The van der Waals surface area contributed by atoms with Crippen molar-refractivity contribution >= 4 is 36.4 Å². The van der Waals surface area contributed by atoms with Gasteiger partial charge in [-0.1, -0.05) is 19.1 Å². The second kappa shape index (κ2) is 10.6. The Bertz CT molecular complexity index is 688. The van der Waals surface area contributed by atoms with Gasteiger partial charge in [0.1, 0.15) is 12.0 Å². The molecular formula is C19H27Cl2N3O2. The summed E-state index contributed by atoms with van der Waals surface area (Å²) in [5.74, 6) is 1.20. The van der Waals surface area contributed by atoms with Crippen molar-refractivity contribution < 1.29 is 9.21 Å². The van der Waals surface area contributed by atoms with Gasteiger partial charge in [-0.3, -0.25) is 9.69 Å². The second-order valence-electron chi connectivity index (χ2n) is 6.64. The summed E-state index contributed by atoms with van der Waals surface area (Å²) in [7, 11) is 0. The van der Waals surface area contributed by atoms with Crippen LogP contribution in [0.5, 0.6) is 0 Å². The zero-order valence-corrected chi connectivity index (χ0v) is 16.6. The van der Waals surface area contributed by atoms with Crippen LogP contribution in [0.1, 0.15) is 41.4 Å². The quantitative estimate of drug-likeness (QED) is 0.794. The number of carbonyl (C=O) groups is 1. The molecule has 0 saturated carbocycles. The minimum atomic E-state index is -0.184. The molecule has 1 saturated heterocycles. The van der Waals surface area contributed by atoms with Gasteiger partial charge in [0.2, 0.25) is 0 Å². The number of piperidine rings is 1. The lowest BCUT2D eigenvalue weighted by Crippen LogP contribution is -2.33. The molecule has 0 radical (unpaired) electrons. The van der Waals surface area contributed by atoms with E-state index in [0.29, 0.717) is 11.3 Å². The van der Waals surface area contributed by atoms with E-state index in [1.165, 1.54) is 37.8 Å². The molecule has 2 aromatic rings. The van der Waals surface area contributed by atoms with E-state index in [1.54, 1.807) is 6.07 Å². The first-order valence-corrected chi connectivity index (χ1v) is 8.54. The zero-order valence-electron chi connectivity index (χ0n) is 14.9. The molecule has 1 fully saturated rings. The molecule has 1 amide bonds. The topological polar surface area (TPSA) is 71.5 Å². The molecule has 1 unspecified atom stereocenters. The number of carbonyl (C=O) groups excluding carboxylic acids is 1. The van der Waals surface area contributed by atoms with Gasteiger partial charge < -0.3 is 15.5 Å². The minimum absolute atomic E-state index is 0. The van der Waals surface area contributed by atoms with Crippen LogP contribution in [0.3, 0.4) is 0 Å². The van der Waals surface area contributed by atoms with Crippen molar-refractivity contribution in [3.8, 4) is 0 Å². The van der Waals surface area contributed by atoms with Crippen LogP contribution in [-0.4, -0.2) is 23.9 Å². The molecule has 2 heterocycles. The number of halogens is 2. The molecule has 144 valence electrons. The average molecular weight is 400 g/mol. The number of anilines is 1. The number of nitrogens with one attached hydrogen (secondary N) is 1. The molecule has 1 aliphatic heterocycles. The van der Waals surface area contributed by atoms with Gasteiger partial charge in [-0.2, -0.15) is 0 Å². The first-order chi connectivity index (χ1) is 11.6. The third-order valence-electron chi connectivity index (χ3n) is 4.48. The molecule has 1 aromatic carbocycles. The smallest absolute Gasteiger partial charge is 0.258 e. The molecule has 1 aromatic heterocycles. The highest BCUT2D eigenvalue weighted by Gasteiger charge is 2.16. The summed E-state index contributed by atoms with van der Waals surface area (Å²) in [6, 6.07) is 9.72. The molecule has 1 atom stereocenters. The highest BCUT2D eigenvalue weighted by molar-refractivity contribution is 6.04. The Morgan fingerprint density at radius 2 is 2.04 bits per heavy atom. The number of nitrogens with zero attached hydrogens (tertiary/aromatic N) is 1. The monoisotopic (exact) mass is 399 g/mol. The zero-order chi connectivity index (χ0) is 16.9. The number of benzene rings is 1. The van der Waals surface area contributed by atoms with E-state index in [-0.39, 0.29) is 37.3 Å². The summed E-state index contributed by atoms with van der Waals surface area (Å²) in [5, 5.41) is 2.88. The Labute approximate surface area is 167 Å². The molecule has 5 nitrogen and oxygen atoms in total. The van der Waals surface area contributed by atoms with Crippen LogP contribution in [0.15, 0.2) is 41.0 Å². The number of furan rings is 1. The highest BCUT2D eigenvalue weighted by atomic mass is 35.5. The lowest BCUT2D eigenvalue weighted by atomic mass is 10.00. The van der Waals surface area contributed by atoms with Gasteiger partial charge in [0.15, 0.2) is 0 Å². The van der Waals surface area contributed by atoms with Crippen molar-refractivity contribution in [2.75, 3.05) is 18.4 Å². The van der Waals surface area contributed by atoms with Crippen molar-refractivity contribution in [3.05, 3.63) is 53.5 Å². The molecule has 3 rings (SSSR count). The third-order valence-corrected chi connectivity index (χ3v) is 4.48. The Hall–Kier alpha value is -1.53. The Morgan fingerprint density at radius 1 is 1.31 bits per heavy atom. The lowest BCUT2D eigenvalue weighted by Gasteiger charge is -2.30. The van der Waals surface area contributed by atoms with Gasteiger partial charge >= 0.3 is 0 Å². The minimum Gasteiger partial charge on any atom is -0.467 e. The van der Waals surface area contributed by atoms with Crippen molar-refractivity contribution in [1.82, 2.24) is 4.90 Å². The Balaban J connectivity index is 0.00000169. The molecule has 7 heteroatoms. The van der Waals surface area contributed by atoms with Gasteiger partial charge in [0.25, 0.3) is 5.91 Å². The molecule has 1 aliphatic rings. The maximum Gasteiger partial charge on any atom is 0.258 e. The van der Waals surface area contributed by atoms with Crippen LogP contribution in [0.25, 0.3) is 0 Å². The van der Waals surface area contributed by atoms with E-state index >= 15 is 0 Å². The maximum absolute atomic E-state index is 12.2. The summed E-state index contributed by atoms with van der Waals surface area (Å²) < 4.78 is 5.19. The average Bonchev–Trinajstić information content (AvgIpc) is 3.06. The van der Waals surface area contributed by atoms with Crippen LogP contribution < -0.4 is 11.1 Å². The fraction of sp³-hybridized carbons (Fsp3) is 0.421. The summed E-state index contributed by atoms with van der Waals surface area (Å²) in [4.78, 5) is 14.7. The van der Waals surface area contributed by atoms with Gasteiger partial charge in [0.05, 0.1) is 12.1 Å². The lowest BCUT2D eigenvalue weighted by molar-refractivity contribution is 0.102. The molecule has 3 N–H and O–H groups in total. The molecule has 0 bridgehead atoms. The number of likely N-dealkylation sites (tertiary alicyclic amines) is 1. The van der Waals surface area contributed by atoms with Crippen LogP contribution >= 0.6 is 24.8 Å². The number of hydrogen-bond donors (Lipinski definition) is 2.